The first-order valence-electron chi connectivity index (χ1n) is 7.62. The number of aliphatic hydroxyl groups excluding tert-OH is 1. The minimum Gasteiger partial charge on any atom is -0.390 e. The smallest absolute Gasteiger partial charge is 0.123 e. The molecular formula is C17H25FO2. The van der Waals surface area contributed by atoms with Gasteiger partial charge in [-0.3, -0.25) is 0 Å². The van der Waals surface area contributed by atoms with Gasteiger partial charge in [-0.15, -0.1) is 0 Å². The lowest BCUT2D eigenvalue weighted by Crippen LogP contribution is -2.49. The highest BCUT2D eigenvalue weighted by Crippen LogP contribution is 2.38. The van der Waals surface area contributed by atoms with Crippen LogP contribution in [0.15, 0.2) is 24.3 Å². The van der Waals surface area contributed by atoms with Crippen LogP contribution in [0.25, 0.3) is 0 Å². The fourth-order valence-electron chi connectivity index (χ4n) is 3.43. The molecule has 1 aromatic carbocycles. The van der Waals surface area contributed by atoms with Crippen molar-refractivity contribution in [3.8, 4) is 0 Å². The molecule has 0 spiro atoms. The Morgan fingerprint density at radius 2 is 2.30 bits per heavy atom. The summed E-state index contributed by atoms with van der Waals surface area (Å²) in [6, 6.07) is 6.47. The van der Waals surface area contributed by atoms with Crippen molar-refractivity contribution in [3.05, 3.63) is 35.6 Å². The van der Waals surface area contributed by atoms with E-state index >= 15 is 0 Å². The minimum atomic E-state index is -0.577. The maximum absolute atomic E-state index is 13.3. The summed E-state index contributed by atoms with van der Waals surface area (Å²) in [7, 11) is 0. The normalized spacial score (nSPS) is 28.3. The van der Waals surface area contributed by atoms with Gasteiger partial charge in [0.2, 0.25) is 0 Å². The van der Waals surface area contributed by atoms with Gasteiger partial charge in [-0.25, -0.2) is 4.39 Å². The Morgan fingerprint density at radius 3 is 2.95 bits per heavy atom. The van der Waals surface area contributed by atoms with E-state index in [0.717, 1.165) is 24.8 Å². The summed E-state index contributed by atoms with van der Waals surface area (Å²) in [5, 5.41) is 10.7. The van der Waals surface area contributed by atoms with Crippen LogP contribution in [0.3, 0.4) is 0 Å². The second-order valence-corrected chi connectivity index (χ2v) is 6.05. The summed E-state index contributed by atoms with van der Waals surface area (Å²) in [6.45, 7) is 4.78. The maximum Gasteiger partial charge on any atom is 0.123 e. The molecular weight excluding hydrogens is 255 g/mol. The van der Waals surface area contributed by atoms with E-state index in [-0.39, 0.29) is 5.82 Å². The van der Waals surface area contributed by atoms with E-state index in [9.17, 15) is 9.50 Å². The summed E-state index contributed by atoms with van der Waals surface area (Å²) < 4.78 is 19.2. The molecule has 0 heterocycles. The van der Waals surface area contributed by atoms with Crippen LogP contribution in [0, 0.1) is 11.7 Å². The van der Waals surface area contributed by atoms with Gasteiger partial charge in [0, 0.05) is 13.0 Å². The van der Waals surface area contributed by atoms with E-state index in [1.807, 2.05) is 13.0 Å². The molecule has 0 bridgehead atoms. The molecule has 1 saturated carbocycles. The highest BCUT2D eigenvalue weighted by molar-refractivity contribution is 5.18. The van der Waals surface area contributed by atoms with Crippen molar-refractivity contribution >= 4 is 0 Å². The lowest BCUT2D eigenvalue weighted by Gasteiger charge is -2.43. The first kappa shape index (κ1) is 15.5. The molecule has 3 heteroatoms. The van der Waals surface area contributed by atoms with E-state index in [0.29, 0.717) is 18.9 Å². The molecule has 2 nitrogen and oxygen atoms in total. The van der Waals surface area contributed by atoms with Gasteiger partial charge < -0.3 is 9.84 Å². The third-order valence-corrected chi connectivity index (χ3v) is 4.35. The molecule has 3 atom stereocenters. The predicted molar refractivity (Wildman–Crippen MR) is 78.1 cm³/mol. The van der Waals surface area contributed by atoms with E-state index in [2.05, 4.69) is 6.92 Å². The van der Waals surface area contributed by atoms with Gasteiger partial charge in [0.25, 0.3) is 0 Å². The third kappa shape index (κ3) is 3.58. The molecule has 1 aliphatic carbocycles. The molecule has 20 heavy (non-hydrogen) atoms. The summed E-state index contributed by atoms with van der Waals surface area (Å²) >= 11 is 0. The van der Waals surface area contributed by atoms with Crippen molar-refractivity contribution in [3.63, 3.8) is 0 Å². The second kappa shape index (κ2) is 6.68. The molecule has 0 aromatic heterocycles. The SMILES string of the molecule is CCOC1(C(O)Cc2cccc(F)c2)CCCC(C)C1. The molecule has 3 unspecified atom stereocenters. The van der Waals surface area contributed by atoms with E-state index in [1.165, 1.54) is 18.6 Å². The van der Waals surface area contributed by atoms with Crippen LogP contribution in [-0.4, -0.2) is 23.4 Å². The molecule has 1 N–H and O–H groups in total. The first-order chi connectivity index (χ1) is 9.55. The van der Waals surface area contributed by atoms with Crippen LogP contribution >= 0.6 is 0 Å². The Kier molecular flexibility index (Phi) is 5.17. The van der Waals surface area contributed by atoms with E-state index in [4.69, 9.17) is 4.74 Å². The van der Waals surface area contributed by atoms with Gasteiger partial charge in [0.15, 0.2) is 0 Å². The first-order valence-corrected chi connectivity index (χ1v) is 7.62. The Balaban J connectivity index is 2.12. The van der Waals surface area contributed by atoms with E-state index in [1.54, 1.807) is 6.07 Å². The third-order valence-electron chi connectivity index (χ3n) is 4.35. The summed E-state index contributed by atoms with van der Waals surface area (Å²) in [4.78, 5) is 0. The average Bonchev–Trinajstić information content (AvgIpc) is 2.39. The Morgan fingerprint density at radius 1 is 1.50 bits per heavy atom. The number of benzene rings is 1. The van der Waals surface area contributed by atoms with Gasteiger partial charge >= 0.3 is 0 Å². The highest BCUT2D eigenvalue weighted by atomic mass is 19.1. The molecule has 1 aromatic rings. The van der Waals surface area contributed by atoms with Gasteiger partial charge in [-0.1, -0.05) is 31.9 Å². The fourth-order valence-corrected chi connectivity index (χ4v) is 3.43. The van der Waals surface area contributed by atoms with Crippen LogP contribution in [0.5, 0.6) is 0 Å². The van der Waals surface area contributed by atoms with Crippen molar-refractivity contribution in [2.24, 2.45) is 5.92 Å². The van der Waals surface area contributed by atoms with Crippen molar-refractivity contribution < 1.29 is 14.2 Å². The Bertz CT molecular complexity index is 431. The van der Waals surface area contributed by atoms with Crippen LogP contribution in [0.1, 0.15) is 45.1 Å². The van der Waals surface area contributed by atoms with Crippen LogP contribution in [0.4, 0.5) is 4.39 Å². The highest BCUT2D eigenvalue weighted by Gasteiger charge is 2.41. The predicted octanol–water partition coefficient (Wildman–Crippen LogP) is 3.71. The number of hydrogen-bond acceptors (Lipinski definition) is 2. The molecule has 112 valence electrons. The molecule has 1 fully saturated rings. The molecule has 0 aliphatic heterocycles. The van der Waals surface area contributed by atoms with Crippen LogP contribution < -0.4 is 0 Å². The number of hydrogen-bond donors (Lipinski definition) is 1. The van der Waals surface area contributed by atoms with Gasteiger partial charge in [0.05, 0.1) is 11.7 Å². The van der Waals surface area contributed by atoms with Crippen LogP contribution in [0.2, 0.25) is 0 Å². The summed E-state index contributed by atoms with van der Waals surface area (Å²) in [5.74, 6) is 0.314. The Hall–Kier alpha value is -0.930. The molecule has 0 radical (unpaired) electrons. The van der Waals surface area contributed by atoms with Crippen molar-refractivity contribution in [1.82, 2.24) is 0 Å². The topological polar surface area (TPSA) is 29.5 Å². The number of rotatable bonds is 5. The van der Waals surface area contributed by atoms with Gasteiger partial charge in [-0.2, -0.15) is 0 Å². The van der Waals surface area contributed by atoms with Crippen LogP contribution in [-0.2, 0) is 11.2 Å². The number of ether oxygens (including phenoxy) is 1. The summed E-state index contributed by atoms with van der Waals surface area (Å²) in [5.41, 5.74) is 0.369. The number of aliphatic hydroxyl groups is 1. The molecule has 1 aliphatic rings. The summed E-state index contributed by atoms with van der Waals surface area (Å²) in [6.07, 6.45) is 3.93. The van der Waals surface area contributed by atoms with Gasteiger partial charge in [0.1, 0.15) is 5.82 Å². The quantitative estimate of drug-likeness (QED) is 0.891. The monoisotopic (exact) mass is 280 g/mol. The largest absolute Gasteiger partial charge is 0.390 e. The fraction of sp³-hybridized carbons (Fsp3) is 0.647. The van der Waals surface area contributed by atoms with Crippen molar-refractivity contribution in [1.29, 1.82) is 0 Å². The lowest BCUT2D eigenvalue weighted by molar-refractivity contribution is -0.147. The molecule has 0 saturated heterocycles. The second-order valence-electron chi connectivity index (χ2n) is 6.05. The zero-order valence-electron chi connectivity index (χ0n) is 12.4. The van der Waals surface area contributed by atoms with E-state index < -0.39 is 11.7 Å². The standard InChI is InChI=1S/C17H25FO2/c1-3-20-17(9-5-6-13(2)12-17)16(19)11-14-7-4-8-15(18)10-14/h4,7-8,10,13,16,19H,3,5-6,9,11-12H2,1-2H3. The molecule has 0 amide bonds. The van der Waals surface area contributed by atoms with Gasteiger partial charge in [-0.05, 0) is 43.4 Å². The molecule has 2 rings (SSSR count). The zero-order valence-corrected chi connectivity index (χ0v) is 12.4. The minimum absolute atomic E-state index is 0.253. The maximum atomic E-state index is 13.3. The lowest BCUT2D eigenvalue weighted by atomic mass is 9.74. The Labute approximate surface area is 121 Å². The zero-order chi connectivity index (χ0) is 14.6. The average molecular weight is 280 g/mol. The van der Waals surface area contributed by atoms with Crippen molar-refractivity contribution in [2.45, 2.75) is 57.7 Å². The number of halogens is 1. The van der Waals surface area contributed by atoms with Crippen molar-refractivity contribution in [2.75, 3.05) is 6.61 Å².